The first-order valence-electron chi connectivity index (χ1n) is 7.26. The molecule has 1 fully saturated rings. The summed E-state index contributed by atoms with van der Waals surface area (Å²) in [7, 11) is 1.71. The summed E-state index contributed by atoms with van der Waals surface area (Å²) >= 11 is 0. The van der Waals surface area contributed by atoms with Crippen LogP contribution < -0.4 is 5.32 Å². The van der Waals surface area contributed by atoms with E-state index in [0.717, 1.165) is 26.0 Å². The fraction of sp³-hybridized carbons (Fsp3) is 0.562. The zero-order valence-corrected chi connectivity index (χ0v) is 12.6. The predicted octanol–water partition coefficient (Wildman–Crippen LogP) is 2.24. The van der Waals surface area contributed by atoms with Gasteiger partial charge in [0.1, 0.15) is 6.17 Å². The van der Waals surface area contributed by atoms with Crippen LogP contribution in [0.3, 0.4) is 0 Å². The van der Waals surface area contributed by atoms with Crippen LogP contribution in [0.25, 0.3) is 0 Å². The number of benzene rings is 1. The number of hydrogen-bond donors (Lipinski definition) is 1. The number of carbonyl (C=O) groups excluding carboxylic acids is 1. The summed E-state index contributed by atoms with van der Waals surface area (Å²) in [5, 5.41) is 3.40. The van der Waals surface area contributed by atoms with E-state index in [9.17, 15) is 4.79 Å². The van der Waals surface area contributed by atoms with Gasteiger partial charge in [-0.2, -0.15) is 0 Å². The van der Waals surface area contributed by atoms with E-state index in [2.05, 4.69) is 24.4 Å². The molecule has 2 unspecified atom stereocenters. The summed E-state index contributed by atoms with van der Waals surface area (Å²) < 4.78 is 5.07. The van der Waals surface area contributed by atoms with E-state index in [0.29, 0.717) is 0 Å². The van der Waals surface area contributed by atoms with E-state index >= 15 is 0 Å². The number of hydrogen-bond acceptors (Lipinski definition) is 3. The molecule has 1 heterocycles. The molecule has 1 aliphatic heterocycles. The van der Waals surface area contributed by atoms with Gasteiger partial charge in [0.15, 0.2) is 0 Å². The van der Waals surface area contributed by atoms with Crippen LogP contribution in [0.4, 0.5) is 0 Å². The molecule has 110 valence electrons. The number of nitrogens with zero attached hydrogens (tertiary/aromatic N) is 1. The lowest BCUT2D eigenvalue weighted by atomic mass is 10.1. The standard InChI is InChI=1S/C16H24N2O2/c1-12-8-4-5-9-14(12)15-17-13(2)16(19)18(15)10-6-7-11-20-3/h4-5,8-9,13,15,17H,6-7,10-11H2,1-3H3. The van der Waals surface area contributed by atoms with Gasteiger partial charge < -0.3 is 9.64 Å². The highest BCUT2D eigenvalue weighted by molar-refractivity contribution is 5.84. The van der Waals surface area contributed by atoms with Crippen LogP contribution in [0.2, 0.25) is 0 Å². The minimum atomic E-state index is -0.109. The van der Waals surface area contributed by atoms with Crippen molar-refractivity contribution in [2.45, 2.75) is 38.9 Å². The number of ether oxygens (including phenoxy) is 1. The molecule has 0 aliphatic carbocycles. The Hall–Kier alpha value is -1.39. The molecule has 1 aromatic carbocycles. The lowest BCUT2D eigenvalue weighted by Crippen LogP contribution is -2.32. The maximum Gasteiger partial charge on any atom is 0.241 e. The molecule has 1 aromatic rings. The van der Waals surface area contributed by atoms with Gasteiger partial charge in [-0.1, -0.05) is 24.3 Å². The fourth-order valence-corrected chi connectivity index (χ4v) is 2.69. The number of unbranched alkanes of at least 4 members (excludes halogenated alkanes) is 1. The molecular weight excluding hydrogens is 252 g/mol. The molecule has 0 saturated carbocycles. The predicted molar refractivity (Wildman–Crippen MR) is 79.3 cm³/mol. The molecule has 4 nitrogen and oxygen atoms in total. The van der Waals surface area contributed by atoms with Gasteiger partial charge >= 0.3 is 0 Å². The van der Waals surface area contributed by atoms with E-state index in [1.54, 1.807) is 7.11 Å². The Morgan fingerprint density at radius 3 is 2.75 bits per heavy atom. The van der Waals surface area contributed by atoms with Crippen molar-refractivity contribution in [3.63, 3.8) is 0 Å². The third-order valence-corrected chi connectivity index (χ3v) is 3.85. The van der Waals surface area contributed by atoms with Crippen molar-refractivity contribution in [3.8, 4) is 0 Å². The second kappa shape index (κ2) is 6.86. The first kappa shape index (κ1) is 15.0. The Labute approximate surface area is 121 Å². The minimum Gasteiger partial charge on any atom is -0.385 e. The maximum absolute atomic E-state index is 12.3. The number of carbonyl (C=O) groups is 1. The van der Waals surface area contributed by atoms with Crippen LogP contribution in [0.15, 0.2) is 24.3 Å². The molecule has 20 heavy (non-hydrogen) atoms. The van der Waals surface area contributed by atoms with Crippen molar-refractivity contribution in [1.82, 2.24) is 10.2 Å². The van der Waals surface area contributed by atoms with Gasteiger partial charge in [-0.25, -0.2) is 0 Å². The molecule has 1 aliphatic rings. The Morgan fingerprint density at radius 2 is 2.05 bits per heavy atom. The Morgan fingerprint density at radius 1 is 1.30 bits per heavy atom. The zero-order chi connectivity index (χ0) is 14.5. The number of rotatable bonds is 6. The van der Waals surface area contributed by atoms with Gasteiger partial charge in [-0.15, -0.1) is 0 Å². The van der Waals surface area contributed by atoms with Crippen molar-refractivity contribution in [2.24, 2.45) is 0 Å². The quantitative estimate of drug-likeness (QED) is 0.810. The second-order valence-corrected chi connectivity index (χ2v) is 5.38. The van der Waals surface area contributed by atoms with Gasteiger partial charge in [-0.05, 0) is 37.8 Å². The third kappa shape index (κ3) is 3.19. The topological polar surface area (TPSA) is 41.6 Å². The molecule has 0 radical (unpaired) electrons. The lowest BCUT2D eigenvalue weighted by molar-refractivity contribution is -0.129. The van der Waals surface area contributed by atoms with E-state index in [1.807, 2.05) is 24.0 Å². The molecule has 0 aromatic heterocycles. The highest BCUT2D eigenvalue weighted by Gasteiger charge is 2.36. The Balaban J connectivity index is 2.10. The monoisotopic (exact) mass is 276 g/mol. The van der Waals surface area contributed by atoms with Crippen LogP contribution in [0.5, 0.6) is 0 Å². The van der Waals surface area contributed by atoms with Gasteiger partial charge in [0.05, 0.1) is 6.04 Å². The summed E-state index contributed by atoms with van der Waals surface area (Å²) in [6, 6.07) is 8.14. The fourth-order valence-electron chi connectivity index (χ4n) is 2.69. The van der Waals surface area contributed by atoms with Crippen LogP contribution >= 0.6 is 0 Å². The first-order chi connectivity index (χ1) is 9.65. The van der Waals surface area contributed by atoms with Crippen molar-refractivity contribution < 1.29 is 9.53 Å². The average molecular weight is 276 g/mol. The maximum atomic E-state index is 12.3. The molecule has 0 bridgehead atoms. The largest absolute Gasteiger partial charge is 0.385 e. The minimum absolute atomic E-state index is 0.00115. The van der Waals surface area contributed by atoms with Gasteiger partial charge in [0.2, 0.25) is 5.91 Å². The van der Waals surface area contributed by atoms with Crippen molar-refractivity contribution in [1.29, 1.82) is 0 Å². The third-order valence-electron chi connectivity index (χ3n) is 3.85. The smallest absolute Gasteiger partial charge is 0.241 e. The summed E-state index contributed by atoms with van der Waals surface area (Å²) in [4.78, 5) is 14.3. The number of aryl methyl sites for hydroxylation is 1. The Kier molecular flexibility index (Phi) is 5.15. The number of nitrogens with one attached hydrogen (secondary N) is 1. The zero-order valence-electron chi connectivity index (χ0n) is 12.6. The van der Waals surface area contributed by atoms with Gasteiger partial charge in [-0.3, -0.25) is 10.1 Å². The molecule has 1 amide bonds. The Bertz CT molecular complexity index is 462. The van der Waals surface area contributed by atoms with Crippen LogP contribution in [-0.2, 0) is 9.53 Å². The lowest BCUT2D eigenvalue weighted by Gasteiger charge is -2.25. The normalized spacial score (nSPS) is 22.6. The van der Waals surface area contributed by atoms with E-state index in [-0.39, 0.29) is 18.1 Å². The van der Waals surface area contributed by atoms with Gasteiger partial charge in [0.25, 0.3) is 0 Å². The SMILES string of the molecule is COCCCCN1C(=O)C(C)NC1c1ccccc1C. The molecule has 2 rings (SSSR count). The number of amides is 1. The molecule has 0 spiro atoms. The molecule has 1 saturated heterocycles. The molecule has 1 N–H and O–H groups in total. The van der Waals surface area contributed by atoms with Crippen LogP contribution in [-0.4, -0.2) is 37.1 Å². The van der Waals surface area contributed by atoms with Crippen molar-refractivity contribution in [3.05, 3.63) is 35.4 Å². The highest BCUT2D eigenvalue weighted by Crippen LogP contribution is 2.27. The van der Waals surface area contributed by atoms with E-state index in [1.165, 1.54) is 11.1 Å². The molecular formula is C16H24N2O2. The second-order valence-electron chi connectivity index (χ2n) is 5.38. The summed E-state index contributed by atoms with van der Waals surface area (Å²) in [5.74, 6) is 0.190. The first-order valence-corrected chi connectivity index (χ1v) is 7.26. The van der Waals surface area contributed by atoms with Crippen LogP contribution in [0, 0.1) is 6.92 Å². The highest BCUT2D eigenvalue weighted by atomic mass is 16.5. The average Bonchev–Trinajstić information content (AvgIpc) is 2.72. The van der Waals surface area contributed by atoms with Crippen molar-refractivity contribution in [2.75, 3.05) is 20.3 Å². The van der Waals surface area contributed by atoms with Gasteiger partial charge in [0, 0.05) is 20.3 Å². The molecule has 2 atom stereocenters. The van der Waals surface area contributed by atoms with Crippen LogP contribution in [0.1, 0.15) is 37.1 Å². The summed E-state index contributed by atoms with van der Waals surface area (Å²) in [6.07, 6.45) is 1.95. The van der Waals surface area contributed by atoms with Crippen molar-refractivity contribution >= 4 is 5.91 Å². The molecule has 4 heteroatoms. The number of methoxy groups -OCH3 is 1. The van der Waals surface area contributed by atoms with E-state index in [4.69, 9.17) is 4.74 Å². The van der Waals surface area contributed by atoms with E-state index < -0.39 is 0 Å². The summed E-state index contributed by atoms with van der Waals surface area (Å²) in [6.45, 7) is 5.55. The summed E-state index contributed by atoms with van der Waals surface area (Å²) in [5.41, 5.74) is 2.41.